The topological polar surface area (TPSA) is 94.9 Å². The van der Waals surface area contributed by atoms with Crippen LogP contribution in [0.3, 0.4) is 0 Å². The molecular formula is C26H38N4O5. The standard InChI is InChI=1S/C26H38N4O5/c1-18(2)16-34-24(31)28-20-7-8-23(21(15-20)22-9-12-27-29(22)6)33-17-19-10-13-30(14-11-19)25(32)35-26(3,4)5/h7-9,12,15,18-19H,10-11,13-14,16-17H2,1-6H3,(H,28,31). The zero-order valence-electron chi connectivity index (χ0n) is 21.7. The lowest BCUT2D eigenvalue weighted by Crippen LogP contribution is -2.42. The minimum Gasteiger partial charge on any atom is -0.493 e. The van der Waals surface area contributed by atoms with Gasteiger partial charge in [0.05, 0.1) is 18.9 Å². The van der Waals surface area contributed by atoms with Crippen molar-refractivity contribution in [1.29, 1.82) is 0 Å². The van der Waals surface area contributed by atoms with E-state index in [-0.39, 0.29) is 12.0 Å². The van der Waals surface area contributed by atoms with Gasteiger partial charge in [-0.1, -0.05) is 13.8 Å². The molecule has 0 bridgehead atoms. The first-order valence-electron chi connectivity index (χ1n) is 12.2. The molecule has 1 aromatic heterocycles. The van der Waals surface area contributed by atoms with E-state index in [0.717, 1.165) is 24.1 Å². The van der Waals surface area contributed by atoms with Crippen LogP contribution >= 0.6 is 0 Å². The minimum absolute atomic E-state index is 0.259. The smallest absolute Gasteiger partial charge is 0.411 e. The Morgan fingerprint density at radius 2 is 1.89 bits per heavy atom. The second kappa shape index (κ2) is 11.5. The van der Waals surface area contributed by atoms with Crippen LogP contribution in [0, 0.1) is 11.8 Å². The molecule has 1 fully saturated rings. The fraction of sp³-hybridized carbons (Fsp3) is 0.577. The summed E-state index contributed by atoms with van der Waals surface area (Å²) in [6.07, 6.45) is 2.68. The Morgan fingerprint density at radius 3 is 2.49 bits per heavy atom. The number of rotatable bonds is 7. The lowest BCUT2D eigenvalue weighted by atomic mass is 9.98. The van der Waals surface area contributed by atoms with E-state index in [2.05, 4.69) is 10.4 Å². The summed E-state index contributed by atoms with van der Waals surface area (Å²) in [4.78, 5) is 26.2. The van der Waals surface area contributed by atoms with E-state index < -0.39 is 11.7 Å². The third-order valence-corrected chi connectivity index (χ3v) is 5.61. The first-order chi connectivity index (χ1) is 16.5. The number of hydrogen-bond acceptors (Lipinski definition) is 6. The van der Waals surface area contributed by atoms with Crippen LogP contribution in [0.1, 0.15) is 47.5 Å². The number of carbonyl (C=O) groups excluding carboxylic acids is 2. The number of hydrogen-bond donors (Lipinski definition) is 1. The molecule has 2 aromatic rings. The number of nitrogens with zero attached hydrogens (tertiary/aromatic N) is 3. The molecule has 1 N–H and O–H groups in total. The zero-order chi connectivity index (χ0) is 25.6. The van der Waals surface area contributed by atoms with Crippen LogP contribution in [-0.2, 0) is 16.5 Å². The number of benzene rings is 1. The highest BCUT2D eigenvalue weighted by Gasteiger charge is 2.27. The molecule has 1 aliphatic heterocycles. The molecule has 0 unspecified atom stereocenters. The van der Waals surface area contributed by atoms with Gasteiger partial charge in [0.1, 0.15) is 11.4 Å². The average molecular weight is 487 g/mol. The fourth-order valence-corrected chi connectivity index (χ4v) is 3.78. The number of ether oxygens (including phenoxy) is 3. The highest BCUT2D eigenvalue weighted by Crippen LogP contribution is 2.33. The van der Waals surface area contributed by atoms with Gasteiger partial charge in [0.25, 0.3) is 0 Å². The molecule has 0 atom stereocenters. The lowest BCUT2D eigenvalue weighted by Gasteiger charge is -2.33. The van der Waals surface area contributed by atoms with Crippen LogP contribution in [0.5, 0.6) is 5.75 Å². The molecule has 0 aliphatic carbocycles. The maximum absolute atomic E-state index is 12.3. The maximum Gasteiger partial charge on any atom is 0.411 e. The van der Waals surface area contributed by atoms with Gasteiger partial charge in [0.2, 0.25) is 0 Å². The molecule has 0 radical (unpaired) electrons. The van der Waals surface area contributed by atoms with Gasteiger partial charge in [0, 0.05) is 37.6 Å². The quantitative estimate of drug-likeness (QED) is 0.569. The molecule has 0 saturated carbocycles. The average Bonchev–Trinajstić information content (AvgIpc) is 3.21. The van der Waals surface area contributed by atoms with Gasteiger partial charge in [-0.3, -0.25) is 10.00 Å². The number of aryl methyl sites for hydroxylation is 1. The summed E-state index contributed by atoms with van der Waals surface area (Å²) in [5, 5.41) is 7.06. The van der Waals surface area contributed by atoms with Crippen molar-refractivity contribution in [3.63, 3.8) is 0 Å². The summed E-state index contributed by atoms with van der Waals surface area (Å²) in [7, 11) is 1.86. The molecule has 2 heterocycles. The predicted molar refractivity (Wildman–Crippen MR) is 134 cm³/mol. The molecule has 1 saturated heterocycles. The maximum atomic E-state index is 12.3. The Hall–Kier alpha value is -3.23. The summed E-state index contributed by atoms with van der Waals surface area (Å²) in [5.41, 5.74) is 1.83. The first-order valence-corrected chi connectivity index (χ1v) is 12.2. The minimum atomic E-state index is -0.495. The van der Waals surface area contributed by atoms with Crippen molar-refractivity contribution in [3.05, 3.63) is 30.5 Å². The summed E-state index contributed by atoms with van der Waals surface area (Å²) in [6, 6.07) is 7.43. The number of aromatic nitrogens is 2. The van der Waals surface area contributed by atoms with E-state index in [1.807, 2.05) is 59.9 Å². The lowest BCUT2D eigenvalue weighted by molar-refractivity contribution is 0.0165. The summed E-state index contributed by atoms with van der Waals surface area (Å²) in [5.74, 6) is 1.30. The number of anilines is 1. The van der Waals surface area contributed by atoms with Gasteiger partial charge >= 0.3 is 12.2 Å². The predicted octanol–water partition coefficient (Wildman–Crippen LogP) is 5.32. The Bertz CT molecular complexity index is 1000. The van der Waals surface area contributed by atoms with Gasteiger partial charge in [0.15, 0.2) is 0 Å². The van der Waals surface area contributed by atoms with Crippen LogP contribution in [0.4, 0.5) is 15.3 Å². The Balaban J connectivity index is 1.63. The largest absolute Gasteiger partial charge is 0.493 e. The van der Waals surface area contributed by atoms with Gasteiger partial charge in [-0.05, 0) is 69.7 Å². The van der Waals surface area contributed by atoms with Crippen molar-refractivity contribution < 1.29 is 23.8 Å². The normalized spacial score (nSPS) is 14.7. The molecule has 9 nitrogen and oxygen atoms in total. The van der Waals surface area contributed by atoms with Crippen LogP contribution in [-0.4, -0.2) is 58.8 Å². The number of amides is 2. The Labute approximate surface area is 207 Å². The van der Waals surface area contributed by atoms with Crippen molar-refractivity contribution in [2.75, 3.05) is 31.6 Å². The molecule has 0 spiro atoms. The first kappa shape index (κ1) is 26.4. The molecule has 1 aromatic carbocycles. The number of likely N-dealkylation sites (tertiary alicyclic amines) is 1. The number of carbonyl (C=O) groups is 2. The van der Waals surface area contributed by atoms with E-state index in [1.165, 1.54) is 0 Å². The fourth-order valence-electron chi connectivity index (χ4n) is 3.78. The van der Waals surface area contributed by atoms with Crippen molar-refractivity contribution >= 4 is 17.9 Å². The molecular weight excluding hydrogens is 448 g/mol. The van der Waals surface area contributed by atoms with E-state index in [4.69, 9.17) is 14.2 Å². The second-order valence-electron chi connectivity index (χ2n) is 10.4. The van der Waals surface area contributed by atoms with E-state index >= 15 is 0 Å². The zero-order valence-corrected chi connectivity index (χ0v) is 21.7. The van der Waals surface area contributed by atoms with Gasteiger partial charge in [-0.15, -0.1) is 0 Å². The SMILES string of the molecule is CC(C)COC(=O)Nc1ccc(OCC2CCN(C(=O)OC(C)(C)C)CC2)c(-c2ccnn2C)c1. The van der Waals surface area contributed by atoms with Gasteiger partial charge in [-0.2, -0.15) is 5.10 Å². The third kappa shape index (κ3) is 7.90. The highest BCUT2D eigenvalue weighted by atomic mass is 16.6. The molecule has 35 heavy (non-hydrogen) atoms. The van der Waals surface area contributed by atoms with Crippen LogP contribution < -0.4 is 10.1 Å². The Morgan fingerprint density at radius 1 is 1.17 bits per heavy atom. The van der Waals surface area contributed by atoms with Crippen molar-refractivity contribution in [2.24, 2.45) is 18.9 Å². The van der Waals surface area contributed by atoms with Crippen LogP contribution in [0.15, 0.2) is 30.5 Å². The van der Waals surface area contributed by atoms with Crippen LogP contribution in [0.2, 0.25) is 0 Å². The Kier molecular flexibility index (Phi) is 8.64. The van der Waals surface area contributed by atoms with Crippen molar-refractivity contribution in [2.45, 2.75) is 53.1 Å². The monoisotopic (exact) mass is 486 g/mol. The summed E-state index contributed by atoms with van der Waals surface area (Å²) >= 11 is 0. The van der Waals surface area contributed by atoms with E-state index in [1.54, 1.807) is 21.8 Å². The molecule has 3 rings (SSSR count). The third-order valence-electron chi connectivity index (χ3n) is 5.61. The van der Waals surface area contributed by atoms with E-state index in [0.29, 0.717) is 43.7 Å². The number of piperidine rings is 1. The molecule has 2 amide bonds. The van der Waals surface area contributed by atoms with Gasteiger partial charge in [-0.25, -0.2) is 9.59 Å². The molecule has 9 heteroatoms. The van der Waals surface area contributed by atoms with E-state index in [9.17, 15) is 9.59 Å². The summed E-state index contributed by atoms with van der Waals surface area (Å²) in [6.45, 7) is 11.8. The highest BCUT2D eigenvalue weighted by molar-refractivity contribution is 5.86. The van der Waals surface area contributed by atoms with Gasteiger partial charge < -0.3 is 19.1 Å². The number of nitrogens with one attached hydrogen (secondary N) is 1. The molecule has 1 aliphatic rings. The second-order valence-corrected chi connectivity index (χ2v) is 10.4. The molecule has 192 valence electrons. The van der Waals surface area contributed by atoms with Crippen molar-refractivity contribution in [3.8, 4) is 17.0 Å². The van der Waals surface area contributed by atoms with Crippen LogP contribution in [0.25, 0.3) is 11.3 Å². The summed E-state index contributed by atoms with van der Waals surface area (Å²) < 4.78 is 18.7. The van der Waals surface area contributed by atoms with Crippen molar-refractivity contribution in [1.82, 2.24) is 14.7 Å².